The van der Waals surface area contributed by atoms with Gasteiger partial charge in [-0.05, 0) is 32.2 Å². The van der Waals surface area contributed by atoms with Gasteiger partial charge in [0.2, 0.25) is 5.91 Å². The molecule has 1 saturated heterocycles. The summed E-state index contributed by atoms with van der Waals surface area (Å²) >= 11 is 0. The smallest absolute Gasteiger partial charge is 0.273 e. The van der Waals surface area contributed by atoms with E-state index in [2.05, 4.69) is 27.6 Å². The lowest BCUT2D eigenvalue weighted by atomic mass is 10.00. The van der Waals surface area contributed by atoms with E-state index in [1.807, 2.05) is 37.3 Å². The summed E-state index contributed by atoms with van der Waals surface area (Å²) in [5, 5.41) is 9.32. The number of nitrogens with zero attached hydrogens (tertiary/aromatic N) is 2. The van der Waals surface area contributed by atoms with Crippen LogP contribution in [-0.2, 0) is 4.79 Å². The molecule has 28 heavy (non-hydrogen) atoms. The summed E-state index contributed by atoms with van der Waals surface area (Å²) < 4.78 is 5.22. The summed E-state index contributed by atoms with van der Waals surface area (Å²) in [6.45, 7) is 7.14. The summed E-state index contributed by atoms with van der Waals surface area (Å²) in [5.41, 5.74) is 0.995. The first kappa shape index (κ1) is 20.1. The molecule has 1 aromatic carbocycles. The van der Waals surface area contributed by atoms with Crippen LogP contribution in [0.2, 0.25) is 0 Å². The number of hydrogen-bond donors (Lipinski definition) is 2. The number of hydrogen-bond acceptors (Lipinski definition) is 5. The lowest BCUT2D eigenvalue weighted by Gasteiger charge is -2.32. The molecule has 1 fully saturated rings. The molecule has 2 amide bonds. The maximum absolute atomic E-state index is 12.2. The van der Waals surface area contributed by atoms with Crippen LogP contribution >= 0.6 is 0 Å². The zero-order valence-corrected chi connectivity index (χ0v) is 16.5. The first-order valence-electron chi connectivity index (χ1n) is 9.83. The molecule has 150 valence electrons. The number of aromatic nitrogens is 1. The molecule has 1 aliphatic rings. The lowest BCUT2D eigenvalue weighted by Crippen LogP contribution is -2.47. The Hall–Kier alpha value is -2.67. The van der Waals surface area contributed by atoms with Crippen molar-refractivity contribution < 1.29 is 14.1 Å². The Bertz CT molecular complexity index is 790. The number of carbonyl (C=O) groups is 2. The molecule has 2 aromatic rings. The van der Waals surface area contributed by atoms with Gasteiger partial charge < -0.3 is 20.1 Å². The fourth-order valence-electron chi connectivity index (χ4n) is 3.58. The number of piperidine rings is 1. The second-order valence-electron chi connectivity index (χ2n) is 7.60. The van der Waals surface area contributed by atoms with Crippen LogP contribution < -0.4 is 10.6 Å². The Labute approximate surface area is 165 Å². The molecule has 0 radical (unpaired) electrons. The van der Waals surface area contributed by atoms with Crippen molar-refractivity contribution in [3.8, 4) is 11.3 Å². The molecule has 0 bridgehead atoms. The molecule has 2 N–H and O–H groups in total. The SMILES string of the molecule is CC1CCCN(CC(C)NC(=O)CNC(=O)c2cc(-c3ccccc3)on2)C1. The molecule has 3 rings (SSSR count). The van der Waals surface area contributed by atoms with Gasteiger partial charge in [-0.15, -0.1) is 0 Å². The summed E-state index contributed by atoms with van der Waals surface area (Å²) in [6.07, 6.45) is 2.48. The monoisotopic (exact) mass is 384 g/mol. The molecule has 1 aromatic heterocycles. The number of rotatable bonds is 7. The van der Waals surface area contributed by atoms with Gasteiger partial charge in [-0.3, -0.25) is 9.59 Å². The van der Waals surface area contributed by atoms with Gasteiger partial charge in [-0.1, -0.05) is 42.4 Å². The van der Waals surface area contributed by atoms with Crippen molar-refractivity contribution in [2.45, 2.75) is 32.7 Å². The van der Waals surface area contributed by atoms with Crippen LogP contribution in [0.15, 0.2) is 40.9 Å². The van der Waals surface area contributed by atoms with Crippen LogP contribution in [-0.4, -0.2) is 54.1 Å². The number of amides is 2. The zero-order valence-electron chi connectivity index (χ0n) is 16.5. The zero-order chi connectivity index (χ0) is 19.9. The summed E-state index contributed by atoms with van der Waals surface area (Å²) in [4.78, 5) is 26.7. The van der Waals surface area contributed by atoms with Crippen molar-refractivity contribution in [2.24, 2.45) is 5.92 Å². The molecular weight excluding hydrogens is 356 g/mol. The average molecular weight is 384 g/mol. The molecule has 0 aliphatic carbocycles. The Morgan fingerprint density at radius 3 is 2.86 bits per heavy atom. The van der Waals surface area contributed by atoms with E-state index in [1.165, 1.54) is 12.8 Å². The van der Waals surface area contributed by atoms with Gasteiger partial charge in [-0.2, -0.15) is 0 Å². The standard InChI is InChI=1S/C21H28N4O3/c1-15-7-6-10-25(13-15)14-16(2)23-20(26)12-22-21(27)18-11-19(28-24-18)17-8-4-3-5-9-17/h3-5,8-9,11,15-16H,6-7,10,12-14H2,1-2H3,(H,22,27)(H,23,26). The Balaban J connectivity index is 1.43. The van der Waals surface area contributed by atoms with E-state index >= 15 is 0 Å². The fraction of sp³-hybridized carbons (Fsp3) is 0.476. The normalized spacial score (nSPS) is 18.4. The molecule has 7 heteroatoms. The van der Waals surface area contributed by atoms with Crippen molar-refractivity contribution in [2.75, 3.05) is 26.2 Å². The largest absolute Gasteiger partial charge is 0.355 e. The first-order valence-corrected chi connectivity index (χ1v) is 9.83. The highest BCUT2D eigenvalue weighted by atomic mass is 16.5. The highest BCUT2D eigenvalue weighted by molar-refractivity contribution is 5.95. The molecule has 7 nitrogen and oxygen atoms in total. The van der Waals surface area contributed by atoms with Gasteiger partial charge in [0.05, 0.1) is 6.54 Å². The first-order chi connectivity index (χ1) is 13.5. The molecule has 1 aliphatic heterocycles. The molecular formula is C21H28N4O3. The van der Waals surface area contributed by atoms with Crippen molar-refractivity contribution in [1.29, 1.82) is 0 Å². The van der Waals surface area contributed by atoms with E-state index < -0.39 is 5.91 Å². The van der Waals surface area contributed by atoms with E-state index in [-0.39, 0.29) is 24.2 Å². The molecule has 0 saturated carbocycles. The second-order valence-corrected chi connectivity index (χ2v) is 7.60. The van der Waals surface area contributed by atoms with Gasteiger partial charge in [0.25, 0.3) is 5.91 Å². The van der Waals surface area contributed by atoms with Crippen molar-refractivity contribution in [3.63, 3.8) is 0 Å². The summed E-state index contributed by atoms with van der Waals surface area (Å²) in [5.74, 6) is 0.579. The number of benzene rings is 1. The van der Waals surface area contributed by atoms with E-state index in [4.69, 9.17) is 4.52 Å². The van der Waals surface area contributed by atoms with Gasteiger partial charge in [-0.25, -0.2) is 0 Å². The minimum Gasteiger partial charge on any atom is -0.355 e. The van der Waals surface area contributed by atoms with Crippen LogP contribution in [0.5, 0.6) is 0 Å². The number of nitrogens with one attached hydrogen (secondary N) is 2. The molecule has 2 heterocycles. The third kappa shape index (κ3) is 5.66. The van der Waals surface area contributed by atoms with Crippen LogP contribution in [0.4, 0.5) is 0 Å². The number of likely N-dealkylation sites (tertiary alicyclic amines) is 1. The van der Waals surface area contributed by atoms with E-state index in [9.17, 15) is 9.59 Å². The van der Waals surface area contributed by atoms with Gasteiger partial charge >= 0.3 is 0 Å². The summed E-state index contributed by atoms with van der Waals surface area (Å²) in [7, 11) is 0. The predicted octanol–water partition coefficient (Wildman–Crippen LogP) is 2.31. The van der Waals surface area contributed by atoms with Crippen LogP contribution in [0.25, 0.3) is 11.3 Å². The lowest BCUT2D eigenvalue weighted by molar-refractivity contribution is -0.120. The van der Waals surface area contributed by atoms with Crippen molar-refractivity contribution in [3.05, 3.63) is 42.1 Å². The maximum atomic E-state index is 12.2. The minimum atomic E-state index is -0.432. The van der Waals surface area contributed by atoms with E-state index in [0.717, 1.165) is 25.2 Å². The second kappa shape index (κ2) is 9.50. The van der Waals surface area contributed by atoms with Crippen molar-refractivity contribution >= 4 is 11.8 Å². The quantitative estimate of drug-likeness (QED) is 0.765. The Morgan fingerprint density at radius 1 is 1.32 bits per heavy atom. The average Bonchev–Trinajstić information content (AvgIpc) is 3.17. The van der Waals surface area contributed by atoms with Crippen LogP contribution in [0.3, 0.4) is 0 Å². The predicted molar refractivity (Wildman–Crippen MR) is 107 cm³/mol. The Morgan fingerprint density at radius 2 is 2.11 bits per heavy atom. The highest BCUT2D eigenvalue weighted by Crippen LogP contribution is 2.19. The third-order valence-electron chi connectivity index (χ3n) is 4.89. The number of carbonyl (C=O) groups excluding carboxylic acids is 2. The molecule has 2 unspecified atom stereocenters. The summed E-state index contributed by atoms with van der Waals surface area (Å²) in [6, 6.07) is 11.0. The third-order valence-corrected chi connectivity index (χ3v) is 4.89. The minimum absolute atomic E-state index is 0.0337. The topological polar surface area (TPSA) is 87.5 Å². The van der Waals surface area contributed by atoms with E-state index in [1.54, 1.807) is 6.07 Å². The highest BCUT2D eigenvalue weighted by Gasteiger charge is 2.19. The van der Waals surface area contributed by atoms with Gasteiger partial charge in [0.1, 0.15) is 0 Å². The Kier molecular flexibility index (Phi) is 6.81. The van der Waals surface area contributed by atoms with Crippen molar-refractivity contribution in [1.82, 2.24) is 20.7 Å². The maximum Gasteiger partial charge on any atom is 0.273 e. The molecule has 2 atom stereocenters. The fourth-order valence-corrected chi connectivity index (χ4v) is 3.58. The van der Waals surface area contributed by atoms with E-state index in [0.29, 0.717) is 11.7 Å². The van der Waals surface area contributed by atoms with Gasteiger partial charge in [0, 0.05) is 30.8 Å². The molecule has 0 spiro atoms. The van der Waals surface area contributed by atoms with Gasteiger partial charge in [0.15, 0.2) is 11.5 Å². The van der Waals surface area contributed by atoms with Crippen LogP contribution in [0.1, 0.15) is 37.2 Å². The van der Waals surface area contributed by atoms with Crippen LogP contribution in [0, 0.1) is 5.92 Å².